The normalized spacial score (nSPS) is 8.62. The van der Waals surface area contributed by atoms with E-state index in [9.17, 15) is 0 Å². The van der Waals surface area contributed by atoms with E-state index in [1.54, 1.807) is 0 Å². The second kappa shape index (κ2) is 6.21. The summed E-state index contributed by atoms with van der Waals surface area (Å²) in [5.74, 6) is 0. The Morgan fingerprint density at radius 2 is 1.46 bits per heavy atom. The molecule has 70 valence electrons. The van der Waals surface area contributed by atoms with Gasteiger partial charge in [0.1, 0.15) is 0 Å². The van der Waals surface area contributed by atoms with Crippen LogP contribution in [0.1, 0.15) is 11.1 Å². The van der Waals surface area contributed by atoms with Crippen LogP contribution in [0.5, 0.6) is 0 Å². The van der Waals surface area contributed by atoms with Crippen molar-refractivity contribution in [1.82, 2.24) is 0 Å². The van der Waals surface area contributed by atoms with Gasteiger partial charge in [-0.1, -0.05) is 36.4 Å². The topological polar surface area (TPSA) is 31.5 Å². The van der Waals surface area contributed by atoms with Gasteiger partial charge in [0.05, 0.1) is 0 Å². The van der Waals surface area contributed by atoms with Crippen molar-refractivity contribution in [1.29, 1.82) is 0 Å². The summed E-state index contributed by atoms with van der Waals surface area (Å²) in [6, 6.07) is 8.52. The lowest BCUT2D eigenvalue weighted by Crippen LogP contribution is -1.84. The van der Waals surface area contributed by atoms with E-state index in [0.717, 1.165) is 12.8 Å². The van der Waals surface area contributed by atoms with Gasteiger partial charge in [-0.05, 0) is 24.0 Å². The highest BCUT2D eigenvalue weighted by Crippen LogP contribution is 2.07. The van der Waals surface area contributed by atoms with Crippen LogP contribution < -0.4 is 0 Å². The minimum absolute atomic E-state index is 0. The van der Waals surface area contributed by atoms with Crippen molar-refractivity contribution < 1.29 is 5.48 Å². The van der Waals surface area contributed by atoms with E-state index in [1.165, 1.54) is 11.1 Å². The van der Waals surface area contributed by atoms with Gasteiger partial charge in [0.15, 0.2) is 0 Å². The molecule has 1 nitrogen and oxygen atoms in total. The summed E-state index contributed by atoms with van der Waals surface area (Å²) < 4.78 is 0. The molecule has 0 aliphatic heterocycles. The number of benzene rings is 1. The van der Waals surface area contributed by atoms with Crippen molar-refractivity contribution in [2.75, 3.05) is 0 Å². The molecule has 0 saturated carbocycles. The van der Waals surface area contributed by atoms with E-state index < -0.39 is 0 Å². The average molecular weight is 176 g/mol. The highest BCUT2D eigenvalue weighted by atomic mass is 16.0. The Kier molecular flexibility index (Phi) is 5.57. The van der Waals surface area contributed by atoms with Gasteiger partial charge < -0.3 is 5.48 Å². The van der Waals surface area contributed by atoms with Crippen LogP contribution >= 0.6 is 0 Å². The van der Waals surface area contributed by atoms with E-state index in [1.807, 2.05) is 12.2 Å². The van der Waals surface area contributed by atoms with Crippen molar-refractivity contribution in [2.24, 2.45) is 0 Å². The zero-order valence-corrected chi connectivity index (χ0v) is 7.79. The first kappa shape index (κ1) is 11.7. The molecule has 1 rings (SSSR count). The number of hydrogen-bond donors (Lipinski definition) is 0. The average Bonchev–Trinajstić information content (AvgIpc) is 2.06. The smallest absolute Gasteiger partial charge is 0.0100 e. The second-order valence-corrected chi connectivity index (χ2v) is 2.81. The Morgan fingerprint density at radius 1 is 1.00 bits per heavy atom. The van der Waals surface area contributed by atoms with Gasteiger partial charge in [-0.3, -0.25) is 0 Å². The zero-order valence-electron chi connectivity index (χ0n) is 7.79. The molecule has 2 N–H and O–H groups in total. The highest BCUT2D eigenvalue weighted by molar-refractivity contribution is 5.26. The van der Waals surface area contributed by atoms with E-state index in [2.05, 4.69) is 37.4 Å². The van der Waals surface area contributed by atoms with E-state index in [4.69, 9.17) is 0 Å². The maximum Gasteiger partial charge on any atom is -0.0100 e. The third-order valence-electron chi connectivity index (χ3n) is 1.75. The molecule has 0 atom stereocenters. The van der Waals surface area contributed by atoms with Gasteiger partial charge in [-0.15, -0.1) is 13.2 Å². The Hall–Kier alpha value is -1.34. The first-order chi connectivity index (χ1) is 5.86. The zero-order chi connectivity index (χ0) is 8.81. The fourth-order valence-electron chi connectivity index (χ4n) is 1.22. The summed E-state index contributed by atoms with van der Waals surface area (Å²) in [5.41, 5.74) is 2.65. The number of allylic oxidation sites excluding steroid dienone is 2. The van der Waals surface area contributed by atoms with Crippen LogP contribution in [0.25, 0.3) is 0 Å². The molecule has 1 heteroatoms. The lowest BCUT2D eigenvalue weighted by Gasteiger charge is -1.99. The summed E-state index contributed by atoms with van der Waals surface area (Å²) in [4.78, 5) is 0. The van der Waals surface area contributed by atoms with Crippen LogP contribution in [-0.4, -0.2) is 5.48 Å². The van der Waals surface area contributed by atoms with Crippen molar-refractivity contribution in [3.05, 3.63) is 60.7 Å². The molecular formula is C12H16O. The molecule has 0 unspecified atom stereocenters. The molecule has 0 bridgehead atoms. The van der Waals surface area contributed by atoms with Crippen LogP contribution in [0.2, 0.25) is 0 Å². The van der Waals surface area contributed by atoms with Gasteiger partial charge >= 0.3 is 0 Å². The number of rotatable bonds is 4. The fraction of sp³-hybridized carbons (Fsp3) is 0.167. The molecule has 13 heavy (non-hydrogen) atoms. The summed E-state index contributed by atoms with van der Waals surface area (Å²) in [6.45, 7) is 7.42. The Balaban J connectivity index is 0.00000144. The lowest BCUT2D eigenvalue weighted by atomic mass is 10.1. The van der Waals surface area contributed by atoms with Crippen molar-refractivity contribution in [2.45, 2.75) is 12.8 Å². The molecule has 0 heterocycles. The standard InChI is InChI=1S/C12H14.H2O/c1-3-6-11-8-5-9-12(10-11)7-4-2;/h3-5,8-10H,1-2,6-7H2;1H2. The van der Waals surface area contributed by atoms with Crippen LogP contribution in [0.15, 0.2) is 49.6 Å². The van der Waals surface area contributed by atoms with Gasteiger partial charge in [-0.2, -0.15) is 0 Å². The van der Waals surface area contributed by atoms with E-state index in [0.29, 0.717) is 0 Å². The maximum atomic E-state index is 3.71. The van der Waals surface area contributed by atoms with Crippen LogP contribution in [0, 0.1) is 0 Å². The summed E-state index contributed by atoms with van der Waals surface area (Å²) in [7, 11) is 0. The largest absolute Gasteiger partial charge is 0.412 e. The number of hydrogen-bond acceptors (Lipinski definition) is 0. The molecule has 0 radical (unpaired) electrons. The van der Waals surface area contributed by atoms with E-state index >= 15 is 0 Å². The monoisotopic (exact) mass is 176 g/mol. The lowest BCUT2D eigenvalue weighted by molar-refractivity contribution is 0.824. The summed E-state index contributed by atoms with van der Waals surface area (Å²) in [5, 5.41) is 0. The molecule has 1 aromatic carbocycles. The third-order valence-corrected chi connectivity index (χ3v) is 1.75. The Labute approximate surface area is 79.7 Å². The third kappa shape index (κ3) is 3.72. The molecular weight excluding hydrogens is 160 g/mol. The maximum absolute atomic E-state index is 3.71. The SMILES string of the molecule is C=CCc1cccc(CC=C)c1.O. The van der Waals surface area contributed by atoms with Crippen LogP contribution in [0.3, 0.4) is 0 Å². The molecule has 0 saturated heterocycles. The molecule has 0 aliphatic rings. The minimum Gasteiger partial charge on any atom is -0.412 e. The first-order valence-electron chi connectivity index (χ1n) is 4.16. The predicted molar refractivity (Wildman–Crippen MR) is 57.9 cm³/mol. The molecule has 0 aliphatic carbocycles. The quantitative estimate of drug-likeness (QED) is 0.630. The van der Waals surface area contributed by atoms with E-state index in [-0.39, 0.29) is 5.48 Å². The second-order valence-electron chi connectivity index (χ2n) is 2.81. The van der Waals surface area contributed by atoms with Crippen molar-refractivity contribution >= 4 is 0 Å². The van der Waals surface area contributed by atoms with Crippen molar-refractivity contribution in [3.63, 3.8) is 0 Å². The predicted octanol–water partition coefficient (Wildman–Crippen LogP) is 2.32. The Morgan fingerprint density at radius 3 is 1.85 bits per heavy atom. The van der Waals surface area contributed by atoms with Crippen molar-refractivity contribution in [3.8, 4) is 0 Å². The minimum atomic E-state index is 0. The summed E-state index contributed by atoms with van der Waals surface area (Å²) in [6.07, 6.45) is 5.75. The molecule has 0 spiro atoms. The molecule has 0 fully saturated rings. The molecule has 0 amide bonds. The van der Waals surface area contributed by atoms with Crippen LogP contribution in [-0.2, 0) is 12.8 Å². The fourth-order valence-corrected chi connectivity index (χ4v) is 1.22. The first-order valence-corrected chi connectivity index (χ1v) is 4.16. The van der Waals surface area contributed by atoms with Gasteiger partial charge in [0.25, 0.3) is 0 Å². The van der Waals surface area contributed by atoms with Gasteiger partial charge in [0.2, 0.25) is 0 Å². The highest BCUT2D eigenvalue weighted by Gasteiger charge is 1.91. The molecule has 1 aromatic rings. The molecule has 0 aromatic heterocycles. The van der Waals surface area contributed by atoms with Crippen LogP contribution in [0.4, 0.5) is 0 Å². The summed E-state index contributed by atoms with van der Waals surface area (Å²) >= 11 is 0. The van der Waals surface area contributed by atoms with Gasteiger partial charge in [-0.25, -0.2) is 0 Å². The Bertz CT molecular complexity index is 251. The van der Waals surface area contributed by atoms with Gasteiger partial charge in [0, 0.05) is 0 Å².